The van der Waals surface area contributed by atoms with Crippen LogP contribution in [0.4, 0.5) is 5.82 Å². The number of carbonyl (C=O) groups is 1. The molecule has 2 aromatic rings. The van der Waals surface area contributed by atoms with Gasteiger partial charge >= 0.3 is 0 Å². The Hall–Kier alpha value is -2.62. The van der Waals surface area contributed by atoms with Crippen LogP contribution >= 0.6 is 0 Å². The smallest absolute Gasteiger partial charge is 0.254 e. The predicted octanol–water partition coefficient (Wildman–Crippen LogP) is 3.68. The highest BCUT2D eigenvalue weighted by atomic mass is 16.2. The van der Waals surface area contributed by atoms with Crippen LogP contribution < -0.4 is 5.73 Å². The molecular weight excluding hydrogens is 298 g/mol. The average Bonchev–Trinajstić information content (AvgIpc) is 3.04. The van der Waals surface area contributed by atoms with Crippen LogP contribution in [0.1, 0.15) is 29.9 Å². The van der Waals surface area contributed by atoms with Gasteiger partial charge in [-0.1, -0.05) is 38.1 Å². The van der Waals surface area contributed by atoms with Gasteiger partial charge in [-0.3, -0.25) is 4.79 Å². The molecule has 2 heterocycles. The zero-order chi connectivity index (χ0) is 17.3. The Morgan fingerprint density at radius 1 is 1.21 bits per heavy atom. The third-order valence-electron chi connectivity index (χ3n) is 4.45. The molecule has 4 nitrogen and oxygen atoms in total. The van der Waals surface area contributed by atoms with Crippen molar-refractivity contribution in [1.82, 2.24) is 9.88 Å². The molecule has 4 heteroatoms. The molecule has 1 aromatic carbocycles. The monoisotopic (exact) mass is 321 g/mol. The zero-order valence-corrected chi connectivity index (χ0v) is 14.4. The molecule has 1 atom stereocenters. The van der Waals surface area contributed by atoms with Gasteiger partial charge in [0.15, 0.2) is 0 Å². The summed E-state index contributed by atoms with van der Waals surface area (Å²) in [5.74, 6) is 0.989. The van der Waals surface area contributed by atoms with E-state index in [1.54, 1.807) is 0 Å². The predicted molar refractivity (Wildman–Crippen MR) is 97.6 cm³/mol. The van der Waals surface area contributed by atoms with Crippen LogP contribution in [0.2, 0.25) is 0 Å². The molecule has 0 aliphatic carbocycles. The van der Waals surface area contributed by atoms with Crippen LogP contribution in [0.5, 0.6) is 0 Å². The molecule has 1 amide bonds. The minimum Gasteiger partial charge on any atom is -0.383 e. The number of rotatable bonds is 3. The number of nitrogens with zero attached hydrogens (tertiary/aromatic N) is 2. The standard InChI is InChI=1S/C20H23N3O/c1-13(2)18-5-4-12-23(18)20(24)16-9-7-15(8-10-16)17-11-6-14(3)22-19(17)21/h4-11,13,18H,12H2,1-3H3,(H2,21,22). The first-order valence-electron chi connectivity index (χ1n) is 8.28. The van der Waals surface area contributed by atoms with Gasteiger partial charge in [0.1, 0.15) is 5.82 Å². The van der Waals surface area contributed by atoms with Crippen molar-refractivity contribution in [1.29, 1.82) is 0 Å². The molecule has 0 bridgehead atoms. The number of benzene rings is 1. The van der Waals surface area contributed by atoms with E-state index < -0.39 is 0 Å². The number of aryl methyl sites for hydroxylation is 1. The van der Waals surface area contributed by atoms with Gasteiger partial charge in [-0.15, -0.1) is 0 Å². The Morgan fingerprint density at radius 3 is 2.54 bits per heavy atom. The van der Waals surface area contributed by atoms with Crippen LogP contribution in [0.15, 0.2) is 48.6 Å². The van der Waals surface area contributed by atoms with E-state index >= 15 is 0 Å². The molecule has 1 aliphatic heterocycles. The summed E-state index contributed by atoms with van der Waals surface area (Å²) in [6, 6.07) is 11.7. The number of hydrogen-bond donors (Lipinski definition) is 1. The third-order valence-corrected chi connectivity index (χ3v) is 4.45. The van der Waals surface area contributed by atoms with E-state index in [9.17, 15) is 4.79 Å². The first-order valence-corrected chi connectivity index (χ1v) is 8.28. The maximum Gasteiger partial charge on any atom is 0.254 e. The molecule has 2 N–H and O–H groups in total. The number of nitrogen functional groups attached to an aromatic ring is 1. The number of aromatic nitrogens is 1. The Balaban J connectivity index is 1.83. The van der Waals surface area contributed by atoms with Gasteiger partial charge in [-0.05, 0) is 42.7 Å². The topological polar surface area (TPSA) is 59.2 Å². The lowest BCUT2D eigenvalue weighted by molar-refractivity contribution is 0.0720. The van der Waals surface area contributed by atoms with Crippen molar-refractivity contribution in [2.45, 2.75) is 26.8 Å². The van der Waals surface area contributed by atoms with E-state index in [1.807, 2.05) is 48.2 Å². The van der Waals surface area contributed by atoms with Crippen molar-refractivity contribution in [2.24, 2.45) is 5.92 Å². The van der Waals surface area contributed by atoms with E-state index in [0.29, 0.717) is 23.8 Å². The minimum absolute atomic E-state index is 0.0697. The lowest BCUT2D eigenvalue weighted by atomic mass is 10.0. The molecule has 0 radical (unpaired) electrons. The van der Waals surface area contributed by atoms with Gasteiger partial charge in [0, 0.05) is 23.4 Å². The van der Waals surface area contributed by atoms with Crippen LogP contribution in [0.25, 0.3) is 11.1 Å². The van der Waals surface area contributed by atoms with Crippen molar-refractivity contribution in [2.75, 3.05) is 12.3 Å². The Morgan fingerprint density at radius 2 is 1.92 bits per heavy atom. The van der Waals surface area contributed by atoms with E-state index in [1.165, 1.54) is 0 Å². The zero-order valence-electron chi connectivity index (χ0n) is 14.4. The second-order valence-corrected chi connectivity index (χ2v) is 6.58. The van der Waals surface area contributed by atoms with Gasteiger partial charge < -0.3 is 10.6 Å². The maximum absolute atomic E-state index is 12.8. The van der Waals surface area contributed by atoms with E-state index in [-0.39, 0.29) is 11.9 Å². The van der Waals surface area contributed by atoms with Crippen molar-refractivity contribution < 1.29 is 4.79 Å². The number of amides is 1. The fourth-order valence-corrected chi connectivity index (χ4v) is 3.12. The highest BCUT2D eigenvalue weighted by Crippen LogP contribution is 2.26. The first kappa shape index (κ1) is 16.2. The normalized spacial score (nSPS) is 16.8. The number of anilines is 1. The van der Waals surface area contributed by atoms with Gasteiger partial charge in [0.2, 0.25) is 0 Å². The summed E-state index contributed by atoms with van der Waals surface area (Å²) in [4.78, 5) is 19.0. The van der Waals surface area contributed by atoms with E-state index in [0.717, 1.165) is 16.8 Å². The third kappa shape index (κ3) is 3.04. The summed E-state index contributed by atoms with van der Waals surface area (Å²) in [6.07, 6.45) is 4.19. The maximum atomic E-state index is 12.8. The summed E-state index contributed by atoms with van der Waals surface area (Å²) in [5.41, 5.74) is 9.46. The number of pyridine rings is 1. The molecule has 0 saturated heterocycles. The molecule has 0 fully saturated rings. The highest BCUT2D eigenvalue weighted by Gasteiger charge is 2.27. The van der Waals surface area contributed by atoms with Crippen molar-refractivity contribution >= 4 is 11.7 Å². The fourth-order valence-electron chi connectivity index (χ4n) is 3.12. The number of carbonyl (C=O) groups excluding carboxylic acids is 1. The van der Waals surface area contributed by atoms with Crippen molar-refractivity contribution in [3.8, 4) is 11.1 Å². The van der Waals surface area contributed by atoms with Gasteiger partial charge in [-0.25, -0.2) is 4.98 Å². The first-order chi connectivity index (χ1) is 11.5. The summed E-state index contributed by atoms with van der Waals surface area (Å²) < 4.78 is 0. The molecular formula is C20H23N3O. The molecule has 0 saturated carbocycles. The lowest BCUT2D eigenvalue weighted by Crippen LogP contribution is -2.38. The van der Waals surface area contributed by atoms with Gasteiger partial charge in [0.05, 0.1) is 6.04 Å². The van der Waals surface area contributed by atoms with Crippen LogP contribution in [-0.2, 0) is 0 Å². The largest absolute Gasteiger partial charge is 0.383 e. The van der Waals surface area contributed by atoms with Crippen molar-refractivity contribution in [3.63, 3.8) is 0 Å². The van der Waals surface area contributed by atoms with Gasteiger partial charge in [-0.2, -0.15) is 0 Å². The molecule has 1 aromatic heterocycles. The molecule has 0 spiro atoms. The van der Waals surface area contributed by atoms with Crippen LogP contribution in [0.3, 0.4) is 0 Å². The molecule has 1 aliphatic rings. The quantitative estimate of drug-likeness (QED) is 0.877. The molecule has 3 rings (SSSR count). The summed E-state index contributed by atoms with van der Waals surface area (Å²) in [7, 11) is 0. The SMILES string of the molecule is Cc1ccc(-c2ccc(C(=O)N3CC=CC3C(C)C)cc2)c(N)n1. The highest BCUT2D eigenvalue weighted by molar-refractivity contribution is 5.95. The Bertz CT molecular complexity index is 778. The lowest BCUT2D eigenvalue weighted by Gasteiger charge is -2.27. The Labute approximate surface area is 143 Å². The summed E-state index contributed by atoms with van der Waals surface area (Å²) >= 11 is 0. The number of nitrogens with two attached hydrogens (primary N) is 1. The fraction of sp³-hybridized carbons (Fsp3) is 0.300. The van der Waals surface area contributed by atoms with Gasteiger partial charge in [0.25, 0.3) is 5.91 Å². The Kier molecular flexibility index (Phi) is 4.38. The minimum atomic E-state index is 0.0697. The molecule has 1 unspecified atom stereocenters. The molecule has 124 valence electrons. The van der Waals surface area contributed by atoms with Crippen LogP contribution in [0, 0.1) is 12.8 Å². The van der Waals surface area contributed by atoms with E-state index in [2.05, 4.69) is 31.0 Å². The second kappa shape index (κ2) is 6.48. The van der Waals surface area contributed by atoms with E-state index in [4.69, 9.17) is 5.73 Å². The summed E-state index contributed by atoms with van der Waals surface area (Å²) in [5, 5.41) is 0. The average molecular weight is 321 g/mol. The second-order valence-electron chi connectivity index (χ2n) is 6.58. The van der Waals surface area contributed by atoms with Crippen molar-refractivity contribution in [3.05, 3.63) is 59.8 Å². The summed E-state index contributed by atoms with van der Waals surface area (Å²) in [6.45, 7) is 6.86. The number of hydrogen-bond acceptors (Lipinski definition) is 3. The van der Waals surface area contributed by atoms with Crippen LogP contribution in [-0.4, -0.2) is 28.4 Å². The molecule has 24 heavy (non-hydrogen) atoms.